The van der Waals surface area contributed by atoms with Crippen molar-refractivity contribution in [2.24, 2.45) is 4.99 Å². The van der Waals surface area contributed by atoms with Gasteiger partial charge >= 0.3 is 0 Å². The third kappa shape index (κ3) is 7.30. The predicted molar refractivity (Wildman–Crippen MR) is 161 cm³/mol. The summed E-state index contributed by atoms with van der Waals surface area (Å²) in [5.41, 5.74) is 2.40. The monoisotopic (exact) mass is 602 g/mol. The Bertz CT molecular complexity index is 1780. The average molecular weight is 603 g/mol. The molecule has 2 aromatic heterocycles. The Morgan fingerprint density at radius 3 is 2.56 bits per heavy atom. The molecule has 41 heavy (non-hydrogen) atoms. The number of nitrogens with one attached hydrogen (secondary N) is 1. The van der Waals surface area contributed by atoms with E-state index in [0.717, 1.165) is 10.2 Å². The largest absolute Gasteiger partial charge is 0.325 e. The van der Waals surface area contributed by atoms with E-state index >= 15 is 0 Å². The minimum absolute atomic E-state index is 0.0261. The van der Waals surface area contributed by atoms with Crippen LogP contribution in [0, 0.1) is 20.2 Å². The fraction of sp³-hybridized carbons (Fsp3) is 0.0370. The molecular weight excluding hydrogens is 585 g/mol. The molecule has 3 aromatic carbocycles. The van der Waals surface area contributed by atoms with Crippen LogP contribution in [0.1, 0.15) is 5.56 Å². The van der Waals surface area contributed by atoms with Crippen LogP contribution in [0.4, 0.5) is 22.7 Å². The molecule has 14 heteroatoms. The number of rotatable bonds is 10. The quantitative estimate of drug-likeness (QED) is 0.0760. The zero-order chi connectivity index (χ0) is 28.8. The number of aliphatic imine (C=N–C) groups is 1. The molecule has 0 saturated heterocycles. The maximum atomic E-state index is 12.3. The van der Waals surface area contributed by atoms with Crippen LogP contribution in [0.2, 0.25) is 0 Å². The van der Waals surface area contributed by atoms with Crippen molar-refractivity contribution in [3.63, 3.8) is 0 Å². The van der Waals surface area contributed by atoms with Crippen molar-refractivity contribution in [2.75, 3.05) is 11.1 Å². The van der Waals surface area contributed by atoms with Gasteiger partial charge in [-0.05, 0) is 54.1 Å². The Morgan fingerprint density at radius 2 is 1.83 bits per heavy atom. The van der Waals surface area contributed by atoms with Gasteiger partial charge in [-0.2, -0.15) is 0 Å². The molecule has 0 spiro atoms. The SMILES string of the molecule is O=C(CSc1nc2ccc(N=Cc3ccc(Sc4ccccn4)c([N+](=O)[O-])c3)cc2s1)Nc1ccc([N+](=O)[O-])cc1. The minimum Gasteiger partial charge on any atom is -0.325 e. The second kappa shape index (κ2) is 12.7. The molecule has 0 bridgehead atoms. The maximum Gasteiger partial charge on any atom is 0.283 e. The summed E-state index contributed by atoms with van der Waals surface area (Å²) in [6, 6.07) is 21.4. The zero-order valence-electron chi connectivity index (χ0n) is 20.9. The number of nitro groups is 2. The summed E-state index contributed by atoms with van der Waals surface area (Å²) in [6.45, 7) is 0. The van der Waals surface area contributed by atoms with Crippen molar-refractivity contribution in [2.45, 2.75) is 14.3 Å². The molecule has 0 unspecified atom stereocenters. The molecule has 0 aliphatic carbocycles. The lowest BCUT2D eigenvalue weighted by molar-refractivity contribution is -0.387. The van der Waals surface area contributed by atoms with Crippen LogP contribution < -0.4 is 5.32 Å². The van der Waals surface area contributed by atoms with E-state index in [2.05, 4.69) is 20.3 Å². The van der Waals surface area contributed by atoms with Gasteiger partial charge in [0.05, 0.1) is 36.4 Å². The number of amides is 1. The van der Waals surface area contributed by atoms with Gasteiger partial charge in [-0.3, -0.25) is 30.0 Å². The Labute approximate surface area is 245 Å². The molecule has 0 fully saturated rings. The number of benzene rings is 3. The number of anilines is 1. The van der Waals surface area contributed by atoms with Crippen molar-refractivity contribution in [3.05, 3.63) is 111 Å². The lowest BCUT2D eigenvalue weighted by Crippen LogP contribution is -2.13. The van der Waals surface area contributed by atoms with E-state index in [1.807, 2.05) is 18.2 Å². The number of fused-ring (bicyclic) bond motifs is 1. The van der Waals surface area contributed by atoms with E-state index in [9.17, 15) is 25.0 Å². The Balaban J connectivity index is 1.23. The summed E-state index contributed by atoms with van der Waals surface area (Å²) in [5.74, 6) is -0.137. The number of carbonyl (C=O) groups excluding carboxylic acids is 1. The van der Waals surface area contributed by atoms with Gasteiger partial charge in [-0.1, -0.05) is 35.7 Å². The number of thiazole rings is 1. The number of nitro benzene ring substituents is 2. The topological polar surface area (TPSA) is 154 Å². The number of non-ortho nitro benzene ring substituents is 1. The van der Waals surface area contributed by atoms with Crippen molar-refractivity contribution in [3.8, 4) is 0 Å². The maximum absolute atomic E-state index is 12.3. The van der Waals surface area contributed by atoms with Crippen LogP contribution in [0.3, 0.4) is 0 Å². The van der Waals surface area contributed by atoms with Crippen LogP contribution in [0.25, 0.3) is 10.2 Å². The number of carbonyl (C=O) groups is 1. The molecule has 5 aromatic rings. The van der Waals surface area contributed by atoms with Crippen molar-refractivity contribution >= 4 is 79.9 Å². The minimum atomic E-state index is -0.501. The molecule has 2 heterocycles. The molecule has 0 aliphatic heterocycles. The Hall–Kier alpha value is -4.66. The normalized spacial score (nSPS) is 11.1. The summed E-state index contributed by atoms with van der Waals surface area (Å²) >= 11 is 3.93. The number of thioether (sulfide) groups is 1. The van der Waals surface area contributed by atoms with Crippen LogP contribution in [0.5, 0.6) is 0 Å². The highest BCUT2D eigenvalue weighted by atomic mass is 32.2. The molecule has 5 rings (SSSR count). The van der Waals surface area contributed by atoms with Crippen molar-refractivity contribution in [1.29, 1.82) is 0 Å². The number of nitrogens with zero attached hydrogens (tertiary/aromatic N) is 5. The highest BCUT2D eigenvalue weighted by molar-refractivity contribution is 8.01. The van der Waals surface area contributed by atoms with Crippen LogP contribution in [-0.2, 0) is 4.79 Å². The summed E-state index contributed by atoms with van der Waals surface area (Å²) in [6.07, 6.45) is 3.21. The van der Waals surface area contributed by atoms with Crippen LogP contribution in [0.15, 0.2) is 104 Å². The molecule has 11 nitrogen and oxygen atoms in total. The van der Waals surface area contributed by atoms with E-state index in [0.29, 0.717) is 31.2 Å². The molecular formula is C27H18N6O5S3. The summed E-state index contributed by atoms with van der Waals surface area (Å²) in [4.78, 5) is 47.6. The lowest BCUT2D eigenvalue weighted by atomic mass is 10.2. The lowest BCUT2D eigenvalue weighted by Gasteiger charge is -2.03. The molecule has 1 amide bonds. The molecule has 0 aliphatic rings. The first kappa shape index (κ1) is 27.9. The molecule has 204 valence electrons. The third-order valence-electron chi connectivity index (χ3n) is 5.44. The van der Waals surface area contributed by atoms with Crippen molar-refractivity contribution in [1.82, 2.24) is 9.97 Å². The highest BCUT2D eigenvalue weighted by Crippen LogP contribution is 2.35. The van der Waals surface area contributed by atoms with E-state index in [1.54, 1.807) is 42.7 Å². The molecule has 0 atom stereocenters. The van der Waals surface area contributed by atoms with Gasteiger partial charge in [-0.15, -0.1) is 11.3 Å². The van der Waals surface area contributed by atoms with E-state index in [-0.39, 0.29) is 23.0 Å². The first-order chi connectivity index (χ1) is 19.8. The first-order valence-electron chi connectivity index (χ1n) is 11.8. The van der Waals surface area contributed by atoms with E-state index in [1.165, 1.54) is 65.2 Å². The molecule has 0 radical (unpaired) electrons. The molecule has 1 N–H and O–H groups in total. The number of hydrogen-bond acceptors (Lipinski definition) is 11. The van der Waals surface area contributed by atoms with E-state index in [4.69, 9.17) is 0 Å². The smallest absolute Gasteiger partial charge is 0.283 e. The van der Waals surface area contributed by atoms with Gasteiger partial charge in [0.2, 0.25) is 5.91 Å². The Morgan fingerprint density at radius 1 is 1.00 bits per heavy atom. The second-order valence-electron chi connectivity index (χ2n) is 8.29. The second-order valence-corrected chi connectivity index (χ2v) is 11.6. The fourth-order valence-corrected chi connectivity index (χ4v) is 6.30. The van der Waals surface area contributed by atoms with E-state index < -0.39 is 9.85 Å². The van der Waals surface area contributed by atoms with Crippen molar-refractivity contribution < 1.29 is 14.6 Å². The summed E-state index contributed by atoms with van der Waals surface area (Å²) in [7, 11) is 0. The Kier molecular flexibility index (Phi) is 8.62. The third-order valence-corrected chi connectivity index (χ3v) is 8.61. The van der Waals surface area contributed by atoms with Gasteiger partial charge < -0.3 is 5.32 Å². The zero-order valence-corrected chi connectivity index (χ0v) is 23.3. The number of aromatic nitrogens is 2. The van der Waals surface area contributed by atoms with Crippen LogP contribution in [-0.4, -0.2) is 37.7 Å². The summed E-state index contributed by atoms with van der Waals surface area (Å²) in [5, 5.41) is 25.8. The predicted octanol–water partition coefficient (Wildman–Crippen LogP) is 7.14. The van der Waals surface area contributed by atoms with Gasteiger partial charge in [0.15, 0.2) is 4.34 Å². The fourth-order valence-electron chi connectivity index (χ4n) is 3.54. The first-order valence-corrected chi connectivity index (χ1v) is 14.4. The van der Waals surface area contributed by atoms with Gasteiger partial charge in [-0.25, -0.2) is 9.97 Å². The standard InChI is InChI=1S/C27H18N6O5S3/c34-25(30-18-5-8-20(9-6-18)32(35)36)16-39-27-31-21-10-7-19(14-24(21)41-27)29-15-17-4-11-23(22(13-17)33(37)38)40-26-3-1-2-12-28-26/h1-15H,16H2,(H,30,34). The number of hydrogen-bond donors (Lipinski definition) is 1. The van der Waals surface area contributed by atoms with Gasteiger partial charge in [0, 0.05) is 36.3 Å². The average Bonchev–Trinajstić information content (AvgIpc) is 3.38. The highest BCUT2D eigenvalue weighted by Gasteiger charge is 2.16. The van der Waals surface area contributed by atoms with Crippen LogP contribution >= 0.6 is 34.9 Å². The number of pyridine rings is 1. The van der Waals surface area contributed by atoms with Gasteiger partial charge in [0.25, 0.3) is 11.4 Å². The van der Waals surface area contributed by atoms with Gasteiger partial charge in [0.1, 0.15) is 5.03 Å². The summed E-state index contributed by atoms with van der Waals surface area (Å²) < 4.78 is 1.59. The molecule has 0 saturated carbocycles.